The summed E-state index contributed by atoms with van der Waals surface area (Å²) in [6.07, 6.45) is -0.749. The maximum absolute atomic E-state index is 12.0. The fraction of sp³-hybridized carbons (Fsp3) is 0.286. The lowest BCUT2D eigenvalue weighted by molar-refractivity contribution is -0.146. The molecule has 2 aromatic rings. The zero-order valence-electron chi connectivity index (χ0n) is 15.9. The van der Waals surface area contributed by atoms with Gasteiger partial charge in [0.25, 0.3) is 0 Å². The molecule has 0 fully saturated rings. The number of aliphatic hydroxyl groups excluding tert-OH is 1. The summed E-state index contributed by atoms with van der Waals surface area (Å²) in [6, 6.07) is 14.7. The third kappa shape index (κ3) is 4.55. The first kappa shape index (κ1) is 20.3. The van der Waals surface area contributed by atoms with Crippen LogP contribution in [0, 0.1) is 0 Å². The molecule has 1 aliphatic carbocycles. The zero-order valence-corrected chi connectivity index (χ0v) is 15.9. The quantitative estimate of drug-likeness (QED) is 0.604. The molecule has 152 valence electrons. The first-order valence-corrected chi connectivity index (χ1v) is 9.12. The second kappa shape index (κ2) is 9.20. The maximum Gasteiger partial charge on any atom is 0.407 e. The van der Waals surface area contributed by atoms with Crippen LogP contribution in [0.1, 0.15) is 17.0 Å². The minimum absolute atomic E-state index is 0.0833. The first-order valence-electron chi connectivity index (χ1n) is 9.12. The van der Waals surface area contributed by atoms with Crippen molar-refractivity contribution >= 4 is 18.0 Å². The molecule has 0 spiro atoms. The lowest BCUT2D eigenvalue weighted by Crippen LogP contribution is -2.47. The Balaban J connectivity index is 1.54. The molecule has 1 atom stereocenters. The molecule has 0 aromatic heterocycles. The van der Waals surface area contributed by atoms with Gasteiger partial charge in [0.1, 0.15) is 13.2 Å². The summed E-state index contributed by atoms with van der Waals surface area (Å²) in [5, 5.41) is 13.7. The second-order valence-electron chi connectivity index (χ2n) is 6.50. The monoisotopic (exact) mass is 398 g/mol. The van der Waals surface area contributed by atoms with Gasteiger partial charge in [-0.25, -0.2) is 9.59 Å². The van der Waals surface area contributed by atoms with Gasteiger partial charge in [0.05, 0.1) is 13.7 Å². The number of ether oxygens (including phenoxy) is 2. The standard InChI is InChI=1S/C21H22N2O6/c1-28-20(26)18(11-24)23-19(25)10-22-21(27)29-12-17-15-8-4-2-6-13(15)14-7-3-5-9-16(14)17/h2-9,17-18,24H,10-12H2,1H3,(H,22,27)(H,23,25)/t18-/m0/s1. The number of amides is 2. The molecule has 0 unspecified atom stereocenters. The van der Waals surface area contributed by atoms with Crippen LogP contribution in [0.4, 0.5) is 4.79 Å². The van der Waals surface area contributed by atoms with Crippen LogP contribution in [-0.2, 0) is 19.1 Å². The summed E-state index contributed by atoms with van der Waals surface area (Å²) < 4.78 is 9.78. The number of fused-ring (bicyclic) bond motifs is 3. The number of esters is 1. The molecule has 0 bridgehead atoms. The third-order valence-corrected chi connectivity index (χ3v) is 4.74. The van der Waals surface area contributed by atoms with Crippen molar-refractivity contribution in [2.24, 2.45) is 0 Å². The number of aliphatic hydroxyl groups is 1. The lowest BCUT2D eigenvalue weighted by Gasteiger charge is -2.16. The van der Waals surface area contributed by atoms with E-state index in [4.69, 9.17) is 9.84 Å². The molecule has 0 saturated heterocycles. The summed E-state index contributed by atoms with van der Waals surface area (Å²) in [5.74, 6) is -1.51. The molecule has 0 radical (unpaired) electrons. The molecule has 0 saturated carbocycles. The van der Waals surface area contributed by atoms with Crippen LogP contribution in [-0.4, -0.2) is 56.0 Å². The Labute approximate surface area is 167 Å². The lowest BCUT2D eigenvalue weighted by atomic mass is 9.98. The number of carbonyl (C=O) groups is 3. The van der Waals surface area contributed by atoms with E-state index in [1.807, 2.05) is 48.5 Å². The Morgan fingerprint density at radius 3 is 2.17 bits per heavy atom. The number of benzene rings is 2. The van der Waals surface area contributed by atoms with E-state index in [1.165, 1.54) is 0 Å². The number of nitrogens with one attached hydrogen (secondary N) is 2. The fourth-order valence-corrected chi connectivity index (χ4v) is 3.37. The topological polar surface area (TPSA) is 114 Å². The molecule has 3 N–H and O–H groups in total. The molecule has 0 heterocycles. The minimum atomic E-state index is -1.18. The van der Waals surface area contributed by atoms with Crippen molar-refractivity contribution in [1.82, 2.24) is 10.6 Å². The number of rotatable bonds is 7. The van der Waals surface area contributed by atoms with Gasteiger partial charge in [-0.05, 0) is 22.3 Å². The molecule has 3 rings (SSSR count). The largest absolute Gasteiger partial charge is 0.467 e. The molecule has 0 aliphatic heterocycles. The van der Waals surface area contributed by atoms with E-state index in [0.29, 0.717) is 0 Å². The number of hydrogen-bond donors (Lipinski definition) is 3. The summed E-state index contributed by atoms with van der Waals surface area (Å²) in [6.45, 7) is -0.879. The van der Waals surface area contributed by atoms with Gasteiger partial charge in [0.15, 0.2) is 6.04 Å². The summed E-state index contributed by atoms with van der Waals surface area (Å²) >= 11 is 0. The van der Waals surface area contributed by atoms with Gasteiger partial charge in [-0.1, -0.05) is 48.5 Å². The third-order valence-electron chi connectivity index (χ3n) is 4.74. The van der Waals surface area contributed by atoms with Crippen LogP contribution >= 0.6 is 0 Å². The summed E-state index contributed by atoms with van der Waals surface area (Å²) in [4.78, 5) is 35.2. The fourth-order valence-electron chi connectivity index (χ4n) is 3.37. The Morgan fingerprint density at radius 1 is 1.03 bits per heavy atom. The van der Waals surface area contributed by atoms with Gasteiger partial charge in [-0.3, -0.25) is 4.79 Å². The average molecular weight is 398 g/mol. The molecular formula is C21H22N2O6. The van der Waals surface area contributed by atoms with Crippen molar-refractivity contribution in [1.29, 1.82) is 0 Å². The van der Waals surface area contributed by atoms with Crippen LogP contribution in [0.2, 0.25) is 0 Å². The predicted molar refractivity (Wildman–Crippen MR) is 104 cm³/mol. The van der Waals surface area contributed by atoms with E-state index in [2.05, 4.69) is 15.4 Å². The highest BCUT2D eigenvalue weighted by atomic mass is 16.5. The van der Waals surface area contributed by atoms with Gasteiger partial charge < -0.3 is 25.2 Å². The molecule has 29 heavy (non-hydrogen) atoms. The molecule has 1 aliphatic rings. The van der Waals surface area contributed by atoms with Crippen molar-refractivity contribution in [2.45, 2.75) is 12.0 Å². The molecular weight excluding hydrogens is 376 g/mol. The Morgan fingerprint density at radius 2 is 1.62 bits per heavy atom. The van der Waals surface area contributed by atoms with Crippen molar-refractivity contribution in [2.75, 3.05) is 26.9 Å². The van der Waals surface area contributed by atoms with E-state index in [0.717, 1.165) is 29.4 Å². The maximum atomic E-state index is 12.0. The smallest absolute Gasteiger partial charge is 0.407 e. The Hall–Kier alpha value is -3.39. The van der Waals surface area contributed by atoms with E-state index in [9.17, 15) is 14.4 Å². The molecule has 2 aromatic carbocycles. The Kier molecular flexibility index (Phi) is 6.46. The number of alkyl carbamates (subject to hydrolysis) is 1. The van der Waals surface area contributed by atoms with E-state index in [-0.39, 0.29) is 12.5 Å². The van der Waals surface area contributed by atoms with E-state index < -0.39 is 37.2 Å². The molecule has 2 amide bonds. The van der Waals surface area contributed by atoms with Crippen molar-refractivity contribution in [3.05, 3.63) is 59.7 Å². The van der Waals surface area contributed by atoms with Gasteiger partial charge in [-0.15, -0.1) is 0 Å². The van der Waals surface area contributed by atoms with Crippen LogP contribution in [0.3, 0.4) is 0 Å². The van der Waals surface area contributed by atoms with Crippen LogP contribution < -0.4 is 10.6 Å². The summed E-state index contributed by atoms with van der Waals surface area (Å²) in [7, 11) is 1.14. The van der Waals surface area contributed by atoms with E-state index in [1.54, 1.807) is 0 Å². The van der Waals surface area contributed by atoms with Gasteiger partial charge >= 0.3 is 12.1 Å². The highest BCUT2D eigenvalue weighted by Gasteiger charge is 2.29. The van der Waals surface area contributed by atoms with Crippen molar-refractivity contribution in [3.63, 3.8) is 0 Å². The SMILES string of the molecule is COC(=O)[C@H](CO)NC(=O)CNC(=O)OCC1c2ccccc2-c2ccccc21. The van der Waals surface area contributed by atoms with Crippen molar-refractivity contribution < 1.29 is 29.0 Å². The number of methoxy groups -OCH3 is 1. The van der Waals surface area contributed by atoms with Crippen molar-refractivity contribution in [3.8, 4) is 11.1 Å². The highest BCUT2D eigenvalue weighted by molar-refractivity contribution is 5.87. The van der Waals surface area contributed by atoms with Gasteiger partial charge in [0.2, 0.25) is 5.91 Å². The second-order valence-corrected chi connectivity index (χ2v) is 6.50. The zero-order chi connectivity index (χ0) is 20.8. The predicted octanol–water partition coefficient (Wildman–Crippen LogP) is 1.18. The molecule has 8 nitrogen and oxygen atoms in total. The summed E-state index contributed by atoms with van der Waals surface area (Å²) in [5.41, 5.74) is 4.41. The van der Waals surface area contributed by atoms with Crippen LogP contribution in [0.15, 0.2) is 48.5 Å². The number of carbonyl (C=O) groups excluding carboxylic acids is 3. The van der Waals surface area contributed by atoms with E-state index >= 15 is 0 Å². The number of hydrogen-bond acceptors (Lipinski definition) is 6. The van der Waals surface area contributed by atoms with Crippen LogP contribution in [0.5, 0.6) is 0 Å². The Bertz CT molecular complexity index is 868. The molecule has 8 heteroatoms. The van der Waals surface area contributed by atoms with Gasteiger partial charge in [-0.2, -0.15) is 0 Å². The normalized spacial score (nSPS) is 13.0. The minimum Gasteiger partial charge on any atom is -0.467 e. The van der Waals surface area contributed by atoms with Gasteiger partial charge in [0, 0.05) is 5.92 Å². The average Bonchev–Trinajstić information content (AvgIpc) is 3.07. The van der Waals surface area contributed by atoms with Crippen LogP contribution in [0.25, 0.3) is 11.1 Å². The first-order chi connectivity index (χ1) is 14.0. The highest BCUT2D eigenvalue weighted by Crippen LogP contribution is 2.44.